The molecule has 1 aromatic rings. The van der Waals surface area contributed by atoms with Gasteiger partial charge in [0.25, 0.3) is 0 Å². The Labute approximate surface area is 120 Å². The zero-order chi connectivity index (χ0) is 14.5. The van der Waals surface area contributed by atoms with Crippen LogP contribution in [0.4, 0.5) is 10.1 Å². The number of rotatable bonds is 5. The van der Waals surface area contributed by atoms with E-state index >= 15 is 0 Å². The average Bonchev–Trinajstić information content (AvgIpc) is 2.88. The van der Waals surface area contributed by atoms with Crippen molar-refractivity contribution in [1.82, 2.24) is 14.8 Å². The molecule has 1 fully saturated rings. The number of hydrogen-bond acceptors (Lipinski definition) is 7. The number of thiazole rings is 1. The number of amides is 1. The standard InChI is InChI=1S/C11H17N5O3S/c1-2-14-3-5-15(6-4-14)8-9(17)13-11-12-7-10(20-11)16(18)19/h7H,2-6,8H2,1H3,(H,12,13,17). The van der Waals surface area contributed by atoms with E-state index in [-0.39, 0.29) is 16.0 Å². The van der Waals surface area contributed by atoms with E-state index in [4.69, 9.17) is 0 Å². The maximum atomic E-state index is 11.8. The van der Waals surface area contributed by atoms with Crippen molar-refractivity contribution in [3.05, 3.63) is 16.3 Å². The quantitative estimate of drug-likeness (QED) is 0.633. The SMILES string of the molecule is CCN1CCN(CC(=O)Nc2ncc([N+](=O)[O-])s2)CC1. The highest BCUT2D eigenvalue weighted by Gasteiger charge is 2.19. The summed E-state index contributed by atoms with van der Waals surface area (Å²) in [6.07, 6.45) is 1.15. The van der Waals surface area contributed by atoms with E-state index in [0.717, 1.165) is 50.3 Å². The van der Waals surface area contributed by atoms with Gasteiger partial charge < -0.3 is 10.2 Å². The largest absolute Gasteiger partial charge is 0.345 e. The Kier molecular flexibility index (Phi) is 4.99. The fourth-order valence-corrected chi connectivity index (χ4v) is 2.68. The van der Waals surface area contributed by atoms with Gasteiger partial charge in [0.15, 0.2) is 5.13 Å². The maximum absolute atomic E-state index is 11.8. The van der Waals surface area contributed by atoms with Crippen molar-refractivity contribution in [2.24, 2.45) is 0 Å². The van der Waals surface area contributed by atoms with Crippen LogP contribution in [0, 0.1) is 10.1 Å². The number of nitrogens with zero attached hydrogens (tertiary/aromatic N) is 4. The van der Waals surface area contributed by atoms with Crippen LogP contribution in [0.1, 0.15) is 6.92 Å². The third-order valence-corrected chi connectivity index (χ3v) is 4.06. The minimum Gasteiger partial charge on any atom is -0.301 e. The Morgan fingerprint density at radius 1 is 1.45 bits per heavy atom. The second kappa shape index (κ2) is 6.73. The highest BCUT2D eigenvalue weighted by Crippen LogP contribution is 2.24. The monoisotopic (exact) mass is 299 g/mol. The van der Waals surface area contributed by atoms with Crippen LogP contribution in [0.5, 0.6) is 0 Å². The molecule has 0 bridgehead atoms. The Hall–Kier alpha value is -1.58. The molecular formula is C11H17N5O3S. The van der Waals surface area contributed by atoms with Crippen molar-refractivity contribution in [3.63, 3.8) is 0 Å². The second-order valence-corrected chi connectivity index (χ2v) is 5.53. The first kappa shape index (κ1) is 14.8. The van der Waals surface area contributed by atoms with Gasteiger partial charge in [-0.1, -0.05) is 6.92 Å². The van der Waals surface area contributed by atoms with Crippen molar-refractivity contribution in [2.45, 2.75) is 6.92 Å². The molecule has 1 aliphatic rings. The van der Waals surface area contributed by atoms with Crippen molar-refractivity contribution in [3.8, 4) is 0 Å². The van der Waals surface area contributed by atoms with Gasteiger partial charge in [0, 0.05) is 26.2 Å². The Bertz CT molecular complexity index is 484. The smallest absolute Gasteiger partial charge is 0.301 e. The lowest BCUT2D eigenvalue weighted by molar-refractivity contribution is -0.380. The number of nitro groups is 1. The van der Waals surface area contributed by atoms with Crippen LogP contribution in [0.2, 0.25) is 0 Å². The molecule has 20 heavy (non-hydrogen) atoms. The lowest BCUT2D eigenvalue weighted by Gasteiger charge is -2.33. The van der Waals surface area contributed by atoms with Crippen molar-refractivity contribution in [1.29, 1.82) is 0 Å². The number of aromatic nitrogens is 1. The highest BCUT2D eigenvalue weighted by molar-refractivity contribution is 7.18. The normalized spacial score (nSPS) is 17.1. The third kappa shape index (κ3) is 3.95. The lowest BCUT2D eigenvalue weighted by Crippen LogP contribution is -2.48. The van der Waals surface area contributed by atoms with E-state index in [1.165, 1.54) is 0 Å². The molecule has 0 atom stereocenters. The van der Waals surface area contributed by atoms with E-state index in [1.807, 2.05) is 0 Å². The highest BCUT2D eigenvalue weighted by atomic mass is 32.1. The number of carbonyl (C=O) groups excluding carboxylic acids is 1. The number of hydrogen-bond donors (Lipinski definition) is 1. The van der Waals surface area contributed by atoms with Gasteiger partial charge in [0.1, 0.15) is 6.20 Å². The van der Waals surface area contributed by atoms with Gasteiger partial charge in [-0.3, -0.25) is 19.8 Å². The number of nitrogens with one attached hydrogen (secondary N) is 1. The topological polar surface area (TPSA) is 91.6 Å². The second-order valence-electron chi connectivity index (χ2n) is 4.52. The Morgan fingerprint density at radius 3 is 2.65 bits per heavy atom. The lowest BCUT2D eigenvalue weighted by atomic mass is 10.3. The van der Waals surface area contributed by atoms with Gasteiger partial charge >= 0.3 is 5.00 Å². The summed E-state index contributed by atoms with van der Waals surface area (Å²) in [6, 6.07) is 0. The minimum atomic E-state index is -0.517. The van der Waals surface area contributed by atoms with Gasteiger partial charge in [0.2, 0.25) is 5.91 Å². The van der Waals surface area contributed by atoms with Crippen LogP contribution in [0.25, 0.3) is 0 Å². The van der Waals surface area contributed by atoms with E-state index < -0.39 is 4.92 Å². The minimum absolute atomic E-state index is 0.0724. The molecule has 0 spiro atoms. The van der Waals surface area contributed by atoms with Gasteiger partial charge in [-0.05, 0) is 17.9 Å². The van der Waals surface area contributed by atoms with Gasteiger partial charge in [-0.15, -0.1) is 0 Å². The first-order valence-corrected chi connectivity index (χ1v) is 7.25. The van der Waals surface area contributed by atoms with Gasteiger partial charge in [0.05, 0.1) is 11.5 Å². The van der Waals surface area contributed by atoms with Crippen LogP contribution in [-0.2, 0) is 4.79 Å². The molecule has 8 nitrogen and oxygen atoms in total. The summed E-state index contributed by atoms with van der Waals surface area (Å²) in [5.41, 5.74) is 0. The fraction of sp³-hybridized carbons (Fsp3) is 0.636. The molecule has 1 aromatic heterocycles. The summed E-state index contributed by atoms with van der Waals surface area (Å²) >= 11 is 0.866. The van der Waals surface area contributed by atoms with Gasteiger partial charge in [-0.25, -0.2) is 4.98 Å². The zero-order valence-corrected chi connectivity index (χ0v) is 12.1. The van der Waals surface area contributed by atoms with Crippen LogP contribution in [0.15, 0.2) is 6.20 Å². The fourth-order valence-electron chi connectivity index (χ4n) is 2.03. The summed E-state index contributed by atoms with van der Waals surface area (Å²) < 4.78 is 0. The van der Waals surface area contributed by atoms with E-state index in [0.29, 0.717) is 6.54 Å². The summed E-state index contributed by atoms with van der Waals surface area (Å²) in [6.45, 7) is 7.10. The van der Waals surface area contributed by atoms with Crippen molar-refractivity contribution < 1.29 is 9.72 Å². The number of piperazine rings is 1. The van der Waals surface area contributed by atoms with Crippen LogP contribution in [0.3, 0.4) is 0 Å². The molecule has 0 unspecified atom stereocenters. The van der Waals surface area contributed by atoms with Crippen LogP contribution < -0.4 is 5.32 Å². The molecule has 1 saturated heterocycles. The van der Waals surface area contributed by atoms with Gasteiger partial charge in [-0.2, -0.15) is 0 Å². The predicted octanol–water partition coefficient (Wildman–Crippen LogP) is 0.627. The Morgan fingerprint density at radius 2 is 2.10 bits per heavy atom. The van der Waals surface area contributed by atoms with E-state index in [1.54, 1.807) is 0 Å². The van der Waals surface area contributed by atoms with Crippen LogP contribution >= 0.6 is 11.3 Å². The first-order chi connectivity index (χ1) is 9.58. The number of anilines is 1. The molecule has 1 N–H and O–H groups in total. The van der Waals surface area contributed by atoms with Crippen molar-refractivity contribution in [2.75, 3.05) is 44.6 Å². The number of likely N-dealkylation sites (N-methyl/N-ethyl adjacent to an activating group) is 1. The zero-order valence-electron chi connectivity index (χ0n) is 11.2. The summed E-state index contributed by atoms with van der Waals surface area (Å²) in [4.78, 5) is 30.1. The predicted molar refractivity (Wildman–Crippen MR) is 76.0 cm³/mol. The third-order valence-electron chi connectivity index (χ3n) is 3.20. The molecule has 1 aliphatic heterocycles. The molecule has 9 heteroatoms. The number of carbonyl (C=O) groups is 1. The average molecular weight is 299 g/mol. The molecule has 0 saturated carbocycles. The molecule has 110 valence electrons. The first-order valence-electron chi connectivity index (χ1n) is 6.43. The molecule has 1 amide bonds. The molecule has 0 aliphatic carbocycles. The maximum Gasteiger partial charge on any atom is 0.345 e. The summed E-state index contributed by atoms with van der Waals surface area (Å²) in [5, 5.41) is 13.3. The molecular weight excluding hydrogens is 282 g/mol. The summed E-state index contributed by atoms with van der Waals surface area (Å²) in [7, 11) is 0. The Balaban J connectivity index is 1.79. The molecule has 2 rings (SSSR count). The molecule has 0 aromatic carbocycles. The van der Waals surface area contributed by atoms with E-state index in [9.17, 15) is 14.9 Å². The molecule has 2 heterocycles. The van der Waals surface area contributed by atoms with Crippen LogP contribution in [-0.4, -0.2) is 64.9 Å². The van der Waals surface area contributed by atoms with E-state index in [2.05, 4.69) is 27.0 Å². The summed E-state index contributed by atoms with van der Waals surface area (Å²) in [5.74, 6) is -0.181. The van der Waals surface area contributed by atoms with Crippen molar-refractivity contribution >= 4 is 27.4 Å². The molecule has 0 radical (unpaired) electrons.